The topological polar surface area (TPSA) is 47.9 Å². The van der Waals surface area contributed by atoms with E-state index in [1.54, 1.807) is 0 Å². The Morgan fingerprint density at radius 2 is 0.941 bits per heavy atom. The molecule has 0 fully saturated rings. The molecule has 17 heavy (non-hydrogen) atoms. The molecule has 1 N–H and O–H groups in total. The van der Waals surface area contributed by atoms with Gasteiger partial charge in [-0.15, -0.1) is 0 Å². The van der Waals surface area contributed by atoms with Crippen molar-refractivity contribution in [3.05, 3.63) is 0 Å². The van der Waals surface area contributed by atoms with Gasteiger partial charge in [-0.05, 0) is 17.8 Å². The van der Waals surface area contributed by atoms with Gasteiger partial charge < -0.3 is 18.1 Å². The fourth-order valence-electron chi connectivity index (χ4n) is 0.941. The van der Waals surface area contributed by atoms with Gasteiger partial charge in [0.25, 0.3) is 0 Å². The Balaban J connectivity index is 4.23. The second-order valence-electron chi connectivity index (χ2n) is 5.64. The molecule has 4 nitrogen and oxygen atoms in total. The molecule has 0 amide bonds. The average molecular weight is 264 g/mol. The largest absolute Gasteiger partial charge is 0.676 e. The number of hydrogen-bond donors (Lipinski definition) is 1. The van der Waals surface area contributed by atoms with Crippen molar-refractivity contribution in [1.29, 1.82) is 0 Å². The maximum absolute atomic E-state index is 10.2. The van der Waals surface area contributed by atoms with Crippen molar-refractivity contribution in [2.75, 3.05) is 19.8 Å². The van der Waals surface area contributed by atoms with Crippen molar-refractivity contribution < 1.29 is 18.1 Å². The van der Waals surface area contributed by atoms with E-state index in [1.807, 2.05) is 41.5 Å². The lowest BCUT2D eigenvalue weighted by Crippen LogP contribution is -2.48. The highest BCUT2D eigenvalue weighted by Crippen LogP contribution is 2.12. The van der Waals surface area contributed by atoms with Crippen molar-refractivity contribution in [1.82, 2.24) is 0 Å². The molecule has 0 aromatic heterocycles. The van der Waals surface area contributed by atoms with E-state index in [1.165, 1.54) is 0 Å². The summed E-state index contributed by atoms with van der Waals surface area (Å²) in [6, 6.07) is 0. The number of hydrogen-bond acceptors (Lipinski definition) is 4. The van der Waals surface area contributed by atoms with E-state index < -0.39 is 9.05 Å². The third-order valence-corrected chi connectivity index (χ3v) is 3.39. The first-order valence-corrected chi connectivity index (χ1v) is 8.06. The summed E-state index contributed by atoms with van der Waals surface area (Å²) >= 11 is 0. The van der Waals surface area contributed by atoms with E-state index in [0.29, 0.717) is 37.6 Å². The van der Waals surface area contributed by atoms with Crippen LogP contribution in [0.5, 0.6) is 0 Å². The van der Waals surface area contributed by atoms with Gasteiger partial charge in [-0.25, -0.2) is 0 Å². The molecule has 0 aromatic carbocycles. The first-order valence-electron chi connectivity index (χ1n) is 6.39. The van der Waals surface area contributed by atoms with Gasteiger partial charge in [0.05, 0.1) is 0 Å². The van der Waals surface area contributed by atoms with E-state index >= 15 is 0 Å². The minimum absolute atomic E-state index is 0.347. The van der Waals surface area contributed by atoms with Gasteiger partial charge in [0.15, 0.2) is 0 Å². The van der Waals surface area contributed by atoms with Crippen LogP contribution >= 0.6 is 0 Å². The van der Waals surface area contributed by atoms with Crippen molar-refractivity contribution in [3.8, 4) is 0 Å². The molecule has 5 heteroatoms. The Morgan fingerprint density at radius 1 is 0.706 bits per heavy atom. The molecule has 0 bridgehead atoms. The van der Waals surface area contributed by atoms with Gasteiger partial charge >= 0.3 is 9.05 Å². The smallest absolute Gasteiger partial charge is 0.367 e. The van der Waals surface area contributed by atoms with Gasteiger partial charge in [0.1, 0.15) is 0 Å². The summed E-state index contributed by atoms with van der Waals surface area (Å²) in [4.78, 5) is 10.2. The lowest BCUT2D eigenvalue weighted by atomic mass is 10.2. The van der Waals surface area contributed by atoms with Crippen molar-refractivity contribution >= 4 is 9.05 Å². The van der Waals surface area contributed by atoms with Crippen LogP contribution in [0.15, 0.2) is 0 Å². The lowest BCUT2D eigenvalue weighted by Gasteiger charge is -2.25. The monoisotopic (exact) mass is 264 g/mol. The minimum Gasteiger partial charge on any atom is -0.367 e. The molecule has 0 aliphatic rings. The molecule has 0 radical (unpaired) electrons. The fourth-order valence-corrected chi connectivity index (χ4v) is 2.82. The number of rotatable bonds is 9. The lowest BCUT2D eigenvalue weighted by molar-refractivity contribution is -0.0242. The molecule has 0 saturated carbocycles. The standard InChI is InChI=1S/C12H28O4Si/c1-10(2)7-14-17(13,15-8-11(3)4)16-9-12(5)6/h10-13H,7-9H2,1-6H3. The Bertz CT molecular complexity index is 164. The summed E-state index contributed by atoms with van der Waals surface area (Å²) in [5.74, 6) is 1.04. The Morgan fingerprint density at radius 3 is 1.12 bits per heavy atom. The van der Waals surface area contributed by atoms with Crippen molar-refractivity contribution in [2.45, 2.75) is 41.5 Å². The van der Waals surface area contributed by atoms with Gasteiger partial charge in [-0.1, -0.05) is 41.5 Å². The summed E-state index contributed by atoms with van der Waals surface area (Å²) in [6.45, 7) is 13.5. The van der Waals surface area contributed by atoms with E-state index in [-0.39, 0.29) is 0 Å². The Hall–Kier alpha value is 0.0569. The fraction of sp³-hybridized carbons (Fsp3) is 1.00. The zero-order chi connectivity index (χ0) is 13.5. The highest BCUT2D eigenvalue weighted by atomic mass is 28.4. The van der Waals surface area contributed by atoms with Crippen LogP contribution in [0.2, 0.25) is 0 Å². The summed E-state index contributed by atoms with van der Waals surface area (Å²) in [7, 11) is -3.44. The van der Waals surface area contributed by atoms with Crippen LogP contribution in [0.1, 0.15) is 41.5 Å². The maximum Gasteiger partial charge on any atom is 0.676 e. The molecule has 0 saturated heterocycles. The molecule has 0 aromatic rings. The van der Waals surface area contributed by atoms with E-state index in [2.05, 4.69) is 0 Å². The molecule has 0 rings (SSSR count). The molecular weight excluding hydrogens is 236 g/mol. The summed E-state index contributed by atoms with van der Waals surface area (Å²) < 4.78 is 16.3. The molecule has 0 atom stereocenters. The van der Waals surface area contributed by atoms with Gasteiger partial charge in [0.2, 0.25) is 0 Å². The molecular formula is C12H28O4Si. The molecule has 0 aliphatic carbocycles. The first-order chi connectivity index (χ1) is 7.75. The minimum atomic E-state index is -3.44. The molecule has 0 heterocycles. The van der Waals surface area contributed by atoms with Crippen LogP contribution in [0.4, 0.5) is 0 Å². The predicted molar refractivity (Wildman–Crippen MR) is 70.3 cm³/mol. The zero-order valence-electron chi connectivity index (χ0n) is 12.0. The Kier molecular flexibility index (Phi) is 8.24. The van der Waals surface area contributed by atoms with Crippen molar-refractivity contribution in [2.24, 2.45) is 17.8 Å². The predicted octanol–water partition coefficient (Wildman–Crippen LogP) is 2.43. The van der Waals surface area contributed by atoms with Crippen LogP contribution < -0.4 is 0 Å². The van der Waals surface area contributed by atoms with Crippen LogP contribution in [0.3, 0.4) is 0 Å². The third-order valence-electron chi connectivity index (χ3n) is 1.80. The van der Waals surface area contributed by atoms with Crippen LogP contribution in [-0.4, -0.2) is 33.7 Å². The van der Waals surface area contributed by atoms with Crippen LogP contribution in [0.25, 0.3) is 0 Å². The van der Waals surface area contributed by atoms with E-state index in [0.717, 1.165) is 0 Å². The van der Waals surface area contributed by atoms with E-state index in [4.69, 9.17) is 13.3 Å². The molecule has 0 aliphatic heterocycles. The van der Waals surface area contributed by atoms with Gasteiger partial charge in [-0.3, -0.25) is 0 Å². The SMILES string of the molecule is CC(C)CO[Si](O)(OCC(C)C)OCC(C)C. The molecule has 0 spiro atoms. The normalized spacial score (nSPS) is 13.1. The van der Waals surface area contributed by atoms with Crippen molar-refractivity contribution in [3.63, 3.8) is 0 Å². The zero-order valence-corrected chi connectivity index (χ0v) is 13.0. The van der Waals surface area contributed by atoms with Crippen LogP contribution in [0, 0.1) is 17.8 Å². The second kappa shape index (κ2) is 8.21. The summed E-state index contributed by atoms with van der Waals surface area (Å²) in [6.07, 6.45) is 0. The van der Waals surface area contributed by atoms with Gasteiger partial charge in [0, 0.05) is 19.8 Å². The highest BCUT2D eigenvalue weighted by Gasteiger charge is 2.41. The second-order valence-corrected chi connectivity index (χ2v) is 7.55. The Labute approximate surface area is 107 Å². The maximum atomic E-state index is 10.2. The van der Waals surface area contributed by atoms with Crippen LogP contribution in [-0.2, 0) is 13.3 Å². The quantitative estimate of drug-likeness (QED) is 0.650. The molecule has 0 unspecified atom stereocenters. The van der Waals surface area contributed by atoms with E-state index in [9.17, 15) is 4.80 Å². The average Bonchev–Trinajstić information content (AvgIpc) is 2.21. The molecule has 104 valence electrons. The summed E-state index contributed by atoms with van der Waals surface area (Å²) in [5.41, 5.74) is 0. The van der Waals surface area contributed by atoms with Gasteiger partial charge in [-0.2, -0.15) is 0 Å². The highest BCUT2D eigenvalue weighted by molar-refractivity contribution is 6.51. The first kappa shape index (κ1) is 17.1. The summed E-state index contributed by atoms with van der Waals surface area (Å²) in [5, 5.41) is 0. The third kappa shape index (κ3) is 9.73.